The topological polar surface area (TPSA) is 28.2 Å². The van der Waals surface area contributed by atoms with Crippen LogP contribution < -0.4 is 10.2 Å². The number of nitrogens with one attached hydrogen (secondary N) is 1. The first-order valence-electron chi connectivity index (χ1n) is 3.99. The van der Waals surface area contributed by atoms with Gasteiger partial charge < -0.3 is 10.2 Å². The smallest absolute Gasteiger partial charge is 0.153 e. The van der Waals surface area contributed by atoms with Gasteiger partial charge in [-0.1, -0.05) is 11.6 Å². The fraction of sp³-hybridized carbons (Fsp3) is 0.375. The summed E-state index contributed by atoms with van der Waals surface area (Å²) in [5, 5.41) is 3.78. The van der Waals surface area contributed by atoms with E-state index < -0.39 is 0 Å². The Bertz CT molecular complexity index is 342. The lowest BCUT2D eigenvalue weighted by Crippen LogP contribution is -2.31. The van der Waals surface area contributed by atoms with Crippen molar-refractivity contribution in [1.29, 1.82) is 0 Å². The van der Waals surface area contributed by atoms with E-state index in [0.29, 0.717) is 5.15 Å². The summed E-state index contributed by atoms with van der Waals surface area (Å²) in [6, 6.07) is 1.96. The summed E-state index contributed by atoms with van der Waals surface area (Å²) in [5.74, 6) is 0.916. The minimum atomic E-state index is 0.509. The minimum absolute atomic E-state index is 0.509. The molecule has 2 rings (SSSR count). The molecule has 0 amide bonds. The number of fused-ring (bicyclic) bond motifs is 1. The third-order valence-corrected chi connectivity index (χ3v) is 3.16. The largest absolute Gasteiger partial charge is 0.380 e. The molecule has 0 unspecified atom stereocenters. The number of halogens is 2. The first kappa shape index (κ1) is 9.09. The van der Waals surface area contributed by atoms with Gasteiger partial charge in [0.2, 0.25) is 0 Å². The molecule has 1 aliphatic rings. The van der Waals surface area contributed by atoms with Crippen LogP contribution in [-0.4, -0.2) is 25.1 Å². The Morgan fingerprint density at radius 3 is 3.23 bits per heavy atom. The van der Waals surface area contributed by atoms with E-state index in [9.17, 15) is 0 Å². The van der Waals surface area contributed by atoms with Crippen molar-refractivity contribution in [3.63, 3.8) is 0 Å². The molecule has 0 spiro atoms. The molecule has 1 N–H and O–H groups in total. The van der Waals surface area contributed by atoms with Crippen LogP contribution in [-0.2, 0) is 0 Å². The van der Waals surface area contributed by atoms with Gasteiger partial charge in [0.05, 0.1) is 10.2 Å². The van der Waals surface area contributed by atoms with Gasteiger partial charge in [-0.3, -0.25) is 0 Å². The van der Waals surface area contributed by atoms with Gasteiger partial charge in [0.1, 0.15) is 5.15 Å². The maximum atomic E-state index is 5.90. The number of likely N-dealkylation sites (N-methyl/N-ethyl adjacent to an activating group) is 1. The molecule has 1 aromatic heterocycles. The van der Waals surface area contributed by atoms with E-state index in [2.05, 4.69) is 31.1 Å². The summed E-state index contributed by atoms with van der Waals surface area (Å²) in [6.45, 7) is 1.90. The Hall–Kier alpha value is -0.480. The second kappa shape index (κ2) is 3.35. The van der Waals surface area contributed by atoms with Gasteiger partial charge >= 0.3 is 0 Å². The molecule has 3 nitrogen and oxygen atoms in total. The van der Waals surface area contributed by atoms with Gasteiger partial charge in [0, 0.05) is 20.1 Å². The van der Waals surface area contributed by atoms with Crippen molar-refractivity contribution in [3.05, 3.63) is 15.7 Å². The average Bonchev–Trinajstić information content (AvgIpc) is 2.09. The number of anilines is 2. The molecular formula is C8H9BrClN3. The van der Waals surface area contributed by atoms with Crippen molar-refractivity contribution in [3.8, 4) is 0 Å². The summed E-state index contributed by atoms with van der Waals surface area (Å²) in [7, 11) is 2.01. The van der Waals surface area contributed by atoms with Crippen LogP contribution in [0.2, 0.25) is 5.15 Å². The molecule has 0 aliphatic carbocycles. The van der Waals surface area contributed by atoms with Gasteiger partial charge in [-0.15, -0.1) is 0 Å². The molecule has 0 fully saturated rings. The highest BCUT2D eigenvalue weighted by atomic mass is 79.9. The molecule has 0 saturated heterocycles. The normalized spacial score (nSPS) is 15.2. The van der Waals surface area contributed by atoms with E-state index in [1.807, 2.05) is 13.1 Å². The Morgan fingerprint density at radius 1 is 1.69 bits per heavy atom. The highest BCUT2D eigenvalue weighted by molar-refractivity contribution is 9.10. The molecule has 0 atom stereocenters. The van der Waals surface area contributed by atoms with E-state index in [0.717, 1.165) is 29.1 Å². The predicted octanol–water partition coefficient (Wildman–Crippen LogP) is 2.36. The molecule has 5 heteroatoms. The van der Waals surface area contributed by atoms with Gasteiger partial charge in [-0.25, -0.2) is 4.98 Å². The first-order valence-corrected chi connectivity index (χ1v) is 5.16. The summed E-state index contributed by atoms with van der Waals surface area (Å²) in [4.78, 5) is 6.36. The molecule has 1 aromatic rings. The fourth-order valence-corrected chi connectivity index (χ4v) is 1.79. The Kier molecular flexibility index (Phi) is 2.34. The Balaban J connectivity index is 2.52. The molecule has 0 radical (unpaired) electrons. The third-order valence-electron chi connectivity index (χ3n) is 2.04. The van der Waals surface area contributed by atoms with Crippen molar-refractivity contribution in [2.24, 2.45) is 0 Å². The lowest BCUT2D eigenvalue weighted by molar-refractivity contribution is 0.863. The number of aromatic nitrogens is 1. The van der Waals surface area contributed by atoms with Crippen molar-refractivity contribution in [1.82, 2.24) is 4.98 Å². The quantitative estimate of drug-likeness (QED) is 0.728. The van der Waals surface area contributed by atoms with Crippen molar-refractivity contribution in [2.45, 2.75) is 0 Å². The van der Waals surface area contributed by atoms with Crippen LogP contribution in [0.4, 0.5) is 11.5 Å². The highest BCUT2D eigenvalue weighted by Gasteiger charge is 2.16. The van der Waals surface area contributed by atoms with Gasteiger partial charge in [0.25, 0.3) is 0 Å². The molecule has 2 heterocycles. The summed E-state index contributed by atoms with van der Waals surface area (Å²) in [6.07, 6.45) is 0. The Labute approximate surface area is 90.2 Å². The first-order chi connectivity index (χ1) is 6.18. The Morgan fingerprint density at radius 2 is 2.46 bits per heavy atom. The number of hydrogen-bond acceptors (Lipinski definition) is 3. The van der Waals surface area contributed by atoms with Crippen LogP contribution in [0.3, 0.4) is 0 Å². The SMILES string of the molecule is CN1CCNc2cc(Br)c(Cl)nc21. The van der Waals surface area contributed by atoms with Crippen molar-refractivity contribution >= 4 is 39.0 Å². The third kappa shape index (κ3) is 1.60. The van der Waals surface area contributed by atoms with Crippen LogP contribution in [0, 0.1) is 0 Å². The lowest BCUT2D eigenvalue weighted by atomic mass is 10.3. The van der Waals surface area contributed by atoms with Crippen LogP contribution in [0.1, 0.15) is 0 Å². The van der Waals surface area contributed by atoms with Crippen LogP contribution in [0.15, 0.2) is 10.5 Å². The lowest BCUT2D eigenvalue weighted by Gasteiger charge is -2.27. The number of rotatable bonds is 0. The van der Waals surface area contributed by atoms with E-state index in [-0.39, 0.29) is 0 Å². The molecule has 0 saturated carbocycles. The molecular weight excluding hydrogens is 253 g/mol. The van der Waals surface area contributed by atoms with E-state index in [1.54, 1.807) is 0 Å². The maximum Gasteiger partial charge on any atom is 0.153 e. The van der Waals surface area contributed by atoms with E-state index in [4.69, 9.17) is 11.6 Å². The van der Waals surface area contributed by atoms with E-state index in [1.165, 1.54) is 0 Å². The summed E-state index contributed by atoms with van der Waals surface area (Å²) < 4.78 is 0.829. The molecule has 70 valence electrons. The molecule has 13 heavy (non-hydrogen) atoms. The second-order valence-corrected chi connectivity index (χ2v) is 4.19. The zero-order valence-corrected chi connectivity index (χ0v) is 9.48. The van der Waals surface area contributed by atoms with Gasteiger partial charge in [0.15, 0.2) is 5.82 Å². The predicted molar refractivity (Wildman–Crippen MR) is 58.7 cm³/mol. The maximum absolute atomic E-state index is 5.90. The highest BCUT2D eigenvalue weighted by Crippen LogP contribution is 2.32. The molecule has 1 aliphatic heterocycles. The minimum Gasteiger partial charge on any atom is -0.380 e. The van der Waals surface area contributed by atoms with Crippen LogP contribution >= 0.6 is 27.5 Å². The van der Waals surface area contributed by atoms with E-state index >= 15 is 0 Å². The van der Waals surface area contributed by atoms with Gasteiger partial charge in [-0.05, 0) is 22.0 Å². The summed E-state index contributed by atoms with van der Waals surface area (Å²) >= 11 is 9.24. The number of pyridine rings is 1. The standard InChI is InChI=1S/C8H9BrClN3/c1-13-3-2-11-6-4-5(9)7(10)12-8(6)13/h4,11H,2-3H2,1H3. The second-order valence-electron chi connectivity index (χ2n) is 2.98. The van der Waals surface area contributed by atoms with Crippen molar-refractivity contribution in [2.75, 3.05) is 30.4 Å². The average molecular weight is 263 g/mol. The number of hydrogen-bond donors (Lipinski definition) is 1. The molecule has 0 aromatic carbocycles. The fourth-order valence-electron chi connectivity index (χ4n) is 1.34. The summed E-state index contributed by atoms with van der Waals surface area (Å²) in [5.41, 5.74) is 1.03. The van der Waals surface area contributed by atoms with Crippen LogP contribution in [0.5, 0.6) is 0 Å². The van der Waals surface area contributed by atoms with Gasteiger partial charge in [-0.2, -0.15) is 0 Å². The zero-order chi connectivity index (χ0) is 9.42. The zero-order valence-electron chi connectivity index (χ0n) is 7.14. The number of nitrogens with zero attached hydrogens (tertiary/aromatic N) is 2. The monoisotopic (exact) mass is 261 g/mol. The molecule has 0 bridgehead atoms. The van der Waals surface area contributed by atoms with Crippen LogP contribution in [0.25, 0.3) is 0 Å². The van der Waals surface area contributed by atoms with Crippen molar-refractivity contribution < 1.29 is 0 Å².